The predicted octanol–water partition coefficient (Wildman–Crippen LogP) is 3.60. The lowest BCUT2D eigenvalue weighted by atomic mass is 9.83. The minimum atomic E-state index is -3.97. The van der Waals surface area contributed by atoms with Crippen molar-refractivity contribution in [2.45, 2.75) is 23.3 Å². The molecule has 1 aliphatic heterocycles. The normalized spacial score (nSPS) is 17.4. The minimum Gasteiger partial charge on any atom is -0.381 e. The lowest BCUT2D eigenvalue weighted by Gasteiger charge is -2.38. The summed E-state index contributed by atoms with van der Waals surface area (Å²) in [5.41, 5.74) is -1.11. The highest BCUT2D eigenvalue weighted by atomic mass is 35.5. The van der Waals surface area contributed by atoms with E-state index in [1.807, 2.05) is 0 Å². The second-order valence-electron chi connectivity index (χ2n) is 5.88. The fraction of sp³-hybridized carbons (Fsp3) is 0.294. The van der Waals surface area contributed by atoms with Gasteiger partial charge in [-0.1, -0.05) is 23.7 Å². The molecule has 0 radical (unpaired) electrons. The maximum atomic E-state index is 14.4. The van der Waals surface area contributed by atoms with E-state index in [-0.39, 0.29) is 41.5 Å². The van der Waals surface area contributed by atoms with Gasteiger partial charge >= 0.3 is 0 Å². The molecule has 0 unspecified atom stereocenters. The fourth-order valence-corrected chi connectivity index (χ4v) is 4.72. The molecule has 0 amide bonds. The van der Waals surface area contributed by atoms with Crippen molar-refractivity contribution in [2.75, 3.05) is 13.2 Å². The second-order valence-corrected chi connectivity index (χ2v) is 8.00. The third-order valence-electron chi connectivity index (χ3n) is 4.23. The molecular formula is C17H16ClF2NO3S. The molecule has 1 saturated heterocycles. The van der Waals surface area contributed by atoms with Crippen molar-refractivity contribution in [3.63, 3.8) is 0 Å². The zero-order valence-corrected chi connectivity index (χ0v) is 14.7. The van der Waals surface area contributed by atoms with Gasteiger partial charge in [-0.05, 0) is 37.1 Å². The molecular weight excluding hydrogens is 372 g/mol. The molecule has 0 bridgehead atoms. The summed E-state index contributed by atoms with van der Waals surface area (Å²) in [6.07, 6.45) is 0.463. The van der Waals surface area contributed by atoms with E-state index in [1.165, 1.54) is 24.3 Å². The van der Waals surface area contributed by atoms with Crippen molar-refractivity contribution in [2.24, 2.45) is 0 Å². The van der Waals surface area contributed by atoms with Gasteiger partial charge in [0.25, 0.3) is 0 Å². The van der Waals surface area contributed by atoms with Crippen LogP contribution in [0.5, 0.6) is 0 Å². The summed E-state index contributed by atoms with van der Waals surface area (Å²) in [5, 5.41) is 0.275. The molecule has 0 spiro atoms. The fourth-order valence-electron chi connectivity index (χ4n) is 2.97. The van der Waals surface area contributed by atoms with Crippen LogP contribution >= 0.6 is 11.6 Å². The van der Waals surface area contributed by atoms with E-state index in [0.717, 1.165) is 12.1 Å². The summed E-state index contributed by atoms with van der Waals surface area (Å²) in [4.78, 5) is -0.0200. The summed E-state index contributed by atoms with van der Waals surface area (Å²) in [6, 6.07) is 8.94. The molecule has 0 aromatic heterocycles. The number of benzene rings is 2. The highest BCUT2D eigenvalue weighted by Crippen LogP contribution is 2.35. The van der Waals surface area contributed by atoms with Crippen LogP contribution in [-0.4, -0.2) is 21.6 Å². The summed E-state index contributed by atoms with van der Waals surface area (Å²) >= 11 is 5.87. The molecule has 1 fully saturated rings. The van der Waals surface area contributed by atoms with Gasteiger partial charge in [-0.25, -0.2) is 21.9 Å². The molecule has 0 aliphatic carbocycles. The van der Waals surface area contributed by atoms with E-state index in [1.54, 1.807) is 6.07 Å². The Morgan fingerprint density at radius 2 is 1.80 bits per heavy atom. The molecule has 134 valence electrons. The van der Waals surface area contributed by atoms with Gasteiger partial charge in [0.05, 0.1) is 10.4 Å². The highest BCUT2D eigenvalue weighted by molar-refractivity contribution is 7.89. The number of hydrogen-bond acceptors (Lipinski definition) is 3. The first-order chi connectivity index (χ1) is 11.8. The maximum absolute atomic E-state index is 14.4. The first kappa shape index (κ1) is 18.3. The SMILES string of the molecule is O=S(=O)(NC1(c2ccc(F)cc2F)CCOCC1)c1cccc(Cl)c1. The van der Waals surface area contributed by atoms with E-state index in [4.69, 9.17) is 16.3 Å². The topological polar surface area (TPSA) is 55.4 Å². The first-order valence-corrected chi connectivity index (χ1v) is 9.51. The molecule has 3 rings (SSSR count). The van der Waals surface area contributed by atoms with Crippen molar-refractivity contribution in [3.05, 3.63) is 64.7 Å². The van der Waals surface area contributed by atoms with Crippen LogP contribution in [0.1, 0.15) is 18.4 Å². The van der Waals surface area contributed by atoms with Crippen LogP contribution in [0.25, 0.3) is 0 Å². The van der Waals surface area contributed by atoms with Gasteiger partial charge < -0.3 is 4.74 Å². The van der Waals surface area contributed by atoms with E-state index in [9.17, 15) is 17.2 Å². The molecule has 1 N–H and O–H groups in total. The van der Waals surface area contributed by atoms with Crippen molar-refractivity contribution in [1.82, 2.24) is 4.72 Å². The molecule has 2 aromatic rings. The van der Waals surface area contributed by atoms with Crippen LogP contribution in [0.4, 0.5) is 8.78 Å². The first-order valence-electron chi connectivity index (χ1n) is 7.65. The van der Waals surface area contributed by atoms with Gasteiger partial charge in [-0.2, -0.15) is 0 Å². The molecule has 1 aliphatic rings. The Balaban J connectivity index is 2.04. The van der Waals surface area contributed by atoms with E-state index in [2.05, 4.69) is 4.72 Å². The number of hydrogen-bond donors (Lipinski definition) is 1. The zero-order chi connectivity index (χ0) is 18.1. The third-order valence-corrected chi connectivity index (χ3v) is 6.00. The number of halogens is 3. The molecule has 0 saturated carbocycles. The smallest absolute Gasteiger partial charge is 0.241 e. The van der Waals surface area contributed by atoms with Gasteiger partial charge in [0, 0.05) is 29.9 Å². The monoisotopic (exact) mass is 387 g/mol. The molecule has 2 aromatic carbocycles. The van der Waals surface area contributed by atoms with Crippen LogP contribution in [0, 0.1) is 11.6 Å². The number of sulfonamides is 1. The Bertz CT molecular complexity index is 883. The molecule has 1 heterocycles. The number of rotatable bonds is 4. The average molecular weight is 388 g/mol. The minimum absolute atomic E-state index is 0.0200. The van der Waals surface area contributed by atoms with Gasteiger partial charge in [-0.15, -0.1) is 0 Å². The summed E-state index contributed by atoms with van der Waals surface area (Å²) in [5.74, 6) is -1.52. The van der Waals surface area contributed by atoms with Crippen LogP contribution < -0.4 is 4.72 Å². The van der Waals surface area contributed by atoms with Crippen LogP contribution in [-0.2, 0) is 20.3 Å². The highest BCUT2D eigenvalue weighted by Gasteiger charge is 2.40. The Labute approximate surface area is 149 Å². The number of ether oxygens (including phenoxy) is 1. The van der Waals surface area contributed by atoms with Crippen LogP contribution in [0.15, 0.2) is 47.4 Å². The van der Waals surface area contributed by atoms with Crippen molar-refractivity contribution < 1.29 is 21.9 Å². The van der Waals surface area contributed by atoms with Gasteiger partial charge in [0.1, 0.15) is 11.6 Å². The standard InChI is InChI=1S/C17H16ClF2NO3S/c18-12-2-1-3-14(10-12)25(22,23)21-17(6-8-24-9-7-17)15-5-4-13(19)11-16(15)20/h1-5,10-11,21H,6-9H2. The van der Waals surface area contributed by atoms with E-state index in [0.29, 0.717) is 0 Å². The van der Waals surface area contributed by atoms with Crippen molar-refractivity contribution in [3.8, 4) is 0 Å². The Morgan fingerprint density at radius 1 is 1.08 bits per heavy atom. The predicted molar refractivity (Wildman–Crippen MR) is 89.9 cm³/mol. The van der Waals surface area contributed by atoms with E-state index >= 15 is 0 Å². The Kier molecular flexibility index (Phi) is 5.11. The van der Waals surface area contributed by atoms with Crippen molar-refractivity contribution in [1.29, 1.82) is 0 Å². The largest absolute Gasteiger partial charge is 0.381 e. The Morgan fingerprint density at radius 3 is 2.44 bits per heavy atom. The Hall–Kier alpha value is -1.54. The summed E-state index contributed by atoms with van der Waals surface area (Å²) in [6.45, 7) is 0.518. The van der Waals surface area contributed by atoms with Crippen LogP contribution in [0.2, 0.25) is 5.02 Å². The van der Waals surface area contributed by atoms with Crippen LogP contribution in [0.3, 0.4) is 0 Å². The van der Waals surface area contributed by atoms with E-state index < -0.39 is 27.2 Å². The summed E-state index contributed by atoms with van der Waals surface area (Å²) < 4.78 is 61.2. The lowest BCUT2D eigenvalue weighted by molar-refractivity contribution is 0.0446. The van der Waals surface area contributed by atoms with Gasteiger partial charge in [-0.3, -0.25) is 0 Å². The summed E-state index contributed by atoms with van der Waals surface area (Å²) in [7, 11) is -3.97. The second kappa shape index (κ2) is 6.99. The quantitative estimate of drug-likeness (QED) is 0.872. The van der Waals surface area contributed by atoms with Crippen molar-refractivity contribution >= 4 is 21.6 Å². The number of nitrogens with one attached hydrogen (secondary N) is 1. The molecule has 25 heavy (non-hydrogen) atoms. The third kappa shape index (κ3) is 3.84. The average Bonchev–Trinajstić information content (AvgIpc) is 2.55. The maximum Gasteiger partial charge on any atom is 0.241 e. The molecule has 4 nitrogen and oxygen atoms in total. The zero-order valence-electron chi connectivity index (χ0n) is 13.1. The lowest BCUT2D eigenvalue weighted by Crippen LogP contribution is -2.49. The molecule has 8 heteroatoms. The molecule has 0 atom stereocenters. The van der Waals surface area contributed by atoms with Gasteiger partial charge in [0.15, 0.2) is 0 Å². The van der Waals surface area contributed by atoms with Gasteiger partial charge in [0.2, 0.25) is 10.0 Å².